The number of thiazole rings is 1. The Morgan fingerprint density at radius 1 is 1.48 bits per heavy atom. The highest BCUT2D eigenvalue weighted by atomic mass is 32.1. The Labute approximate surface area is 141 Å². The van der Waals surface area contributed by atoms with Gasteiger partial charge in [-0.15, -0.1) is 17.9 Å². The number of hydrogen-bond donors (Lipinski definition) is 1. The van der Waals surface area contributed by atoms with E-state index in [1.807, 2.05) is 11.5 Å². The van der Waals surface area contributed by atoms with Gasteiger partial charge in [-0.2, -0.15) is 0 Å². The first-order valence-corrected chi connectivity index (χ1v) is 9.02. The minimum atomic E-state index is 0.125. The lowest BCUT2D eigenvalue weighted by Crippen LogP contribution is -2.20. The molecule has 1 aliphatic carbocycles. The largest absolute Gasteiger partial charge is 0.345 e. The van der Waals surface area contributed by atoms with Gasteiger partial charge < -0.3 is 9.88 Å². The van der Waals surface area contributed by atoms with E-state index in [0.29, 0.717) is 5.13 Å². The molecule has 1 saturated carbocycles. The molecular formula is C18H23N3OS. The van der Waals surface area contributed by atoms with Gasteiger partial charge in [0.25, 0.3) is 0 Å². The first kappa shape index (κ1) is 16.0. The quantitative estimate of drug-likeness (QED) is 0.818. The van der Waals surface area contributed by atoms with Gasteiger partial charge in [-0.05, 0) is 32.8 Å². The summed E-state index contributed by atoms with van der Waals surface area (Å²) in [6, 6.07) is 2.15. The van der Waals surface area contributed by atoms with Crippen LogP contribution < -0.4 is 5.32 Å². The molecule has 5 heteroatoms. The van der Waals surface area contributed by atoms with Crippen LogP contribution in [0.2, 0.25) is 0 Å². The highest BCUT2D eigenvalue weighted by Crippen LogP contribution is 2.31. The zero-order chi connectivity index (χ0) is 16.4. The molecule has 0 aromatic carbocycles. The first-order chi connectivity index (χ1) is 11.1. The fraction of sp³-hybridized carbons (Fsp3) is 0.444. The lowest BCUT2D eigenvalue weighted by Gasteiger charge is -2.07. The van der Waals surface area contributed by atoms with Crippen LogP contribution >= 0.6 is 11.3 Å². The van der Waals surface area contributed by atoms with Crippen LogP contribution in [0.1, 0.15) is 37.1 Å². The van der Waals surface area contributed by atoms with Crippen LogP contribution in [0, 0.1) is 19.8 Å². The predicted octanol–water partition coefficient (Wildman–Crippen LogP) is 4.54. The molecule has 4 nitrogen and oxygen atoms in total. The molecule has 0 spiro atoms. The van der Waals surface area contributed by atoms with Gasteiger partial charge in [0.05, 0.1) is 5.69 Å². The van der Waals surface area contributed by atoms with E-state index < -0.39 is 0 Å². The highest BCUT2D eigenvalue weighted by molar-refractivity contribution is 7.14. The summed E-state index contributed by atoms with van der Waals surface area (Å²) in [5, 5.41) is 5.70. The van der Waals surface area contributed by atoms with E-state index in [1.54, 1.807) is 0 Å². The van der Waals surface area contributed by atoms with Crippen LogP contribution in [0.5, 0.6) is 0 Å². The molecule has 2 aromatic heterocycles. The fourth-order valence-electron chi connectivity index (χ4n) is 3.32. The fourth-order valence-corrected chi connectivity index (χ4v) is 4.03. The van der Waals surface area contributed by atoms with Gasteiger partial charge in [0.1, 0.15) is 0 Å². The number of rotatable bonds is 5. The van der Waals surface area contributed by atoms with E-state index in [0.717, 1.165) is 43.5 Å². The summed E-state index contributed by atoms with van der Waals surface area (Å²) in [6.45, 7) is 8.80. The van der Waals surface area contributed by atoms with Crippen LogP contribution in [0.15, 0.2) is 24.1 Å². The van der Waals surface area contributed by atoms with Gasteiger partial charge in [0.15, 0.2) is 5.13 Å². The summed E-state index contributed by atoms with van der Waals surface area (Å²) in [5.74, 6) is 0.292. The molecule has 0 atom stereocenters. The monoisotopic (exact) mass is 329 g/mol. The van der Waals surface area contributed by atoms with Gasteiger partial charge in [-0.1, -0.05) is 18.9 Å². The van der Waals surface area contributed by atoms with Gasteiger partial charge >= 0.3 is 0 Å². The third-order valence-electron chi connectivity index (χ3n) is 4.62. The maximum Gasteiger partial charge on any atom is 0.229 e. The topological polar surface area (TPSA) is 46.9 Å². The second-order valence-electron chi connectivity index (χ2n) is 6.19. The van der Waals surface area contributed by atoms with Crippen molar-refractivity contribution in [3.63, 3.8) is 0 Å². The molecular weight excluding hydrogens is 306 g/mol. The van der Waals surface area contributed by atoms with Crippen LogP contribution in [0.4, 0.5) is 5.13 Å². The predicted molar refractivity (Wildman–Crippen MR) is 95.8 cm³/mol. The molecule has 1 fully saturated rings. The molecule has 2 heterocycles. The van der Waals surface area contributed by atoms with Gasteiger partial charge in [0, 0.05) is 34.8 Å². The summed E-state index contributed by atoms with van der Waals surface area (Å²) in [5.41, 5.74) is 4.44. The van der Waals surface area contributed by atoms with Crippen molar-refractivity contribution in [2.75, 3.05) is 5.32 Å². The molecule has 2 aromatic rings. The molecule has 0 unspecified atom stereocenters. The number of nitrogens with one attached hydrogen (secondary N) is 1. The number of amides is 1. The Morgan fingerprint density at radius 2 is 2.22 bits per heavy atom. The average Bonchev–Trinajstić information content (AvgIpc) is 3.24. The molecule has 122 valence electrons. The number of aromatic nitrogens is 2. The number of carbonyl (C=O) groups excluding carboxylic acids is 1. The van der Waals surface area contributed by atoms with Crippen molar-refractivity contribution in [1.29, 1.82) is 0 Å². The van der Waals surface area contributed by atoms with E-state index in [4.69, 9.17) is 0 Å². The number of nitrogens with zero attached hydrogens (tertiary/aromatic N) is 2. The first-order valence-electron chi connectivity index (χ1n) is 8.14. The van der Waals surface area contributed by atoms with Crippen molar-refractivity contribution in [1.82, 2.24) is 9.55 Å². The van der Waals surface area contributed by atoms with Crippen LogP contribution in [-0.2, 0) is 11.3 Å². The van der Waals surface area contributed by atoms with Crippen LogP contribution in [-0.4, -0.2) is 15.5 Å². The van der Waals surface area contributed by atoms with E-state index in [2.05, 4.69) is 41.4 Å². The maximum absolute atomic E-state index is 12.2. The normalized spacial score (nSPS) is 15.0. The van der Waals surface area contributed by atoms with E-state index in [1.165, 1.54) is 22.7 Å². The van der Waals surface area contributed by atoms with Crippen LogP contribution in [0.3, 0.4) is 0 Å². The SMILES string of the molecule is C=CCn1c(C)cc(-c2csc(NC(=O)C3CCCC3)n2)c1C. The smallest absolute Gasteiger partial charge is 0.229 e. The van der Waals surface area contributed by atoms with E-state index in [9.17, 15) is 4.79 Å². The Morgan fingerprint density at radius 3 is 2.91 bits per heavy atom. The van der Waals surface area contributed by atoms with Crippen molar-refractivity contribution in [2.24, 2.45) is 5.92 Å². The number of hydrogen-bond acceptors (Lipinski definition) is 3. The van der Waals surface area contributed by atoms with Crippen LogP contribution in [0.25, 0.3) is 11.3 Å². The Hall–Kier alpha value is -1.88. The molecule has 3 rings (SSSR count). The second kappa shape index (κ2) is 6.71. The summed E-state index contributed by atoms with van der Waals surface area (Å²) >= 11 is 1.50. The number of carbonyl (C=O) groups is 1. The molecule has 0 radical (unpaired) electrons. The Bertz CT molecular complexity index is 723. The van der Waals surface area contributed by atoms with Gasteiger partial charge in [-0.25, -0.2) is 4.98 Å². The number of allylic oxidation sites excluding steroid dienone is 1. The zero-order valence-corrected chi connectivity index (χ0v) is 14.6. The average molecular weight is 329 g/mol. The third-order valence-corrected chi connectivity index (χ3v) is 5.38. The lowest BCUT2D eigenvalue weighted by molar-refractivity contribution is -0.119. The van der Waals surface area contributed by atoms with E-state index >= 15 is 0 Å². The minimum Gasteiger partial charge on any atom is -0.345 e. The summed E-state index contributed by atoms with van der Waals surface area (Å²) in [7, 11) is 0. The standard InChI is InChI=1S/C18H23N3OS/c1-4-9-21-12(2)10-15(13(21)3)16-11-23-18(19-16)20-17(22)14-7-5-6-8-14/h4,10-11,14H,1,5-9H2,2-3H3,(H,19,20,22). The van der Waals surface area contributed by atoms with Crippen molar-refractivity contribution >= 4 is 22.4 Å². The highest BCUT2D eigenvalue weighted by Gasteiger charge is 2.23. The van der Waals surface area contributed by atoms with Gasteiger partial charge in [-0.3, -0.25) is 4.79 Å². The summed E-state index contributed by atoms with van der Waals surface area (Å²) in [4.78, 5) is 16.8. The molecule has 23 heavy (non-hydrogen) atoms. The number of aryl methyl sites for hydroxylation is 1. The third kappa shape index (κ3) is 3.24. The summed E-state index contributed by atoms with van der Waals surface area (Å²) < 4.78 is 2.22. The van der Waals surface area contributed by atoms with Crippen molar-refractivity contribution < 1.29 is 4.79 Å². The van der Waals surface area contributed by atoms with Crippen molar-refractivity contribution in [2.45, 2.75) is 46.1 Å². The Balaban J connectivity index is 1.78. The lowest BCUT2D eigenvalue weighted by atomic mass is 10.1. The van der Waals surface area contributed by atoms with Gasteiger partial charge in [0.2, 0.25) is 5.91 Å². The molecule has 0 aliphatic heterocycles. The Kier molecular flexibility index (Phi) is 4.66. The number of anilines is 1. The second-order valence-corrected chi connectivity index (χ2v) is 7.05. The van der Waals surface area contributed by atoms with Crippen molar-refractivity contribution in [3.05, 3.63) is 35.5 Å². The molecule has 0 bridgehead atoms. The zero-order valence-electron chi connectivity index (χ0n) is 13.8. The molecule has 0 saturated heterocycles. The minimum absolute atomic E-state index is 0.125. The van der Waals surface area contributed by atoms with E-state index in [-0.39, 0.29) is 11.8 Å². The molecule has 1 amide bonds. The van der Waals surface area contributed by atoms with Crippen molar-refractivity contribution in [3.8, 4) is 11.3 Å². The molecule has 1 N–H and O–H groups in total. The summed E-state index contributed by atoms with van der Waals surface area (Å²) in [6.07, 6.45) is 6.24. The maximum atomic E-state index is 12.2. The molecule has 1 aliphatic rings.